The van der Waals surface area contributed by atoms with Crippen LogP contribution < -0.4 is 16.0 Å². The van der Waals surface area contributed by atoms with E-state index in [2.05, 4.69) is 16.0 Å². The molecule has 2 aliphatic rings. The van der Waals surface area contributed by atoms with Gasteiger partial charge in [-0.25, -0.2) is 4.98 Å². The first-order valence-corrected chi connectivity index (χ1v) is 18.5. The second-order valence-electron chi connectivity index (χ2n) is 13.5. The third-order valence-electron chi connectivity index (χ3n) is 9.58. The highest BCUT2D eigenvalue weighted by atomic mass is 16.6. The Morgan fingerprint density at radius 1 is 0.831 bits per heavy atom. The van der Waals surface area contributed by atoms with E-state index < -0.39 is 40.5 Å². The van der Waals surface area contributed by atoms with E-state index >= 15 is 0 Å². The van der Waals surface area contributed by atoms with Gasteiger partial charge in [-0.2, -0.15) is 0 Å². The van der Waals surface area contributed by atoms with E-state index in [-0.39, 0.29) is 75.1 Å². The Balaban J connectivity index is 0.816. The van der Waals surface area contributed by atoms with Gasteiger partial charge in [0.2, 0.25) is 17.7 Å². The summed E-state index contributed by atoms with van der Waals surface area (Å²) in [6, 6.07) is 23.9. The predicted molar refractivity (Wildman–Crippen MR) is 208 cm³/mol. The van der Waals surface area contributed by atoms with E-state index in [1.54, 1.807) is 48.7 Å². The molecule has 1 unspecified atom stereocenters. The molecule has 300 valence electrons. The molecule has 3 N–H and O–H groups in total. The molecule has 4 heterocycles. The molecule has 2 aliphatic heterocycles. The van der Waals surface area contributed by atoms with Crippen molar-refractivity contribution in [3.8, 4) is 33.8 Å². The number of amides is 6. The second kappa shape index (κ2) is 17.8. The van der Waals surface area contributed by atoms with Gasteiger partial charge in [0.25, 0.3) is 23.4 Å². The number of carbonyl (C=O) groups is 6. The summed E-state index contributed by atoms with van der Waals surface area (Å²) in [4.78, 5) is 91.1. The lowest BCUT2D eigenvalue weighted by Gasteiger charge is -2.27. The van der Waals surface area contributed by atoms with Crippen LogP contribution in [0, 0.1) is 10.1 Å². The van der Waals surface area contributed by atoms with E-state index in [4.69, 9.17) is 18.9 Å². The number of nitrogens with zero attached hydrogens (tertiary/aromatic N) is 3. The predicted octanol–water partition coefficient (Wildman–Crippen LogP) is 4.06. The summed E-state index contributed by atoms with van der Waals surface area (Å²) in [5.74, 6) is -2.54. The highest BCUT2D eigenvalue weighted by Gasteiger charge is 2.44. The average Bonchev–Trinajstić information content (AvgIpc) is 3.87. The molecule has 0 aliphatic carbocycles. The third kappa shape index (κ3) is 9.27. The van der Waals surface area contributed by atoms with E-state index in [1.165, 1.54) is 24.3 Å². The van der Waals surface area contributed by atoms with Gasteiger partial charge in [-0.3, -0.25) is 49.1 Å². The number of benzene rings is 3. The van der Waals surface area contributed by atoms with Crippen LogP contribution in [0.4, 0.5) is 5.69 Å². The van der Waals surface area contributed by atoms with E-state index in [9.17, 15) is 38.9 Å². The molecule has 59 heavy (non-hydrogen) atoms. The van der Waals surface area contributed by atoms with Crippen LogP contribution in [0.5, 0.6) is 0 Å². The van der Waals surface area contributed by atoms with Gasteiger partial charge in [-0.1, -0.05) is 18.2 Å². The minimum Gasteiger partial charge on any atom is -0.463 e. The van der Waals surface area contributed by atoms with Crippen molar-refractivity contribution in [1.29, 1.82) is 0 Å². The monoisotopic (exact) mass is 800 g/mol. The number of hydrogen-bond acceptors (Lipinski definition) is 12. The SMILES string of the molecule is O=C(COCCOCCNC(=O)c1ccc(-c2cc(-c3ccc([N+](=O)[O-])cc3)nc(-c3ccco3)c2)cc1)NCc1ccc2c(c1)C(=O)N(C1CCC(=O)NC1=O)C2=O. The van der Waals surface area contributed by atoms with E-state index in [0.29, 0.717) is 33.8 Å². The summed E-state index contributed by atoms with van der Waals surface area (Å²) in [6.07, 6.45) is 1.63. The molecule has 7 rings (SSSR count). The molecule has 2 aromatic heterocycles. The van der Waals surface area contributed by atoms with E-state index in [1.807, 2.05) is 24.3 Å². The van der Waals surface area contributed by atoms with Gasteiger partial charge in [-0.15, -0.1) is 0 Å². The molecular weight excluding hydrogens is 764 g/mol. The van der Waals surface area contributed by atoms with Crippen LogP contribution in [0.3, 0.4) is 0 Å². The van der Waals surface area contributed by atoms with Crippen molar-refractivity contribution in [2.45, 2.75) is 25.4 Å². The second-order valence-corrected chi connectivity index (χ2v) is 13.5. The quantitative estimate of drug-likeness (QED) is 0.0556. The molecule has 0 spiro atoms. The Hall–Kier alpha value is -7.37. The number of aromatic nitrogens is 1. The number of furan rings is 1. The van der Waals surface area contributed by atoms with Crippen LogP contribution in [-0.4, -0.2) is 89.3 Å². The molecule has 5 aromatic rings. The fourth-order valence-corrected chi connectivity index (χ4v) is 6.57. The van der Waals surface area contributed by atoms with Crippen LogP contribution >= 0.6 is 0 Å². The molecule has 6 amide bonds. The summed E-state index contributed by atoms with van der Waals surface area (Å²) in [5.41, 5.74) is 4.71. The Kier molecular flexibility index (Phi) is 12.0. The number of ether oxygens (including phenoxy) is 2. The van der Waals surface area contributed by atoms with Crippen LogP contribution in [0.15, 0.2) is 102 Å². The van der Waals surface area contributed by atoms with Crippen molar-refractivity contribution in [2.24, 2.45) is 0 Å². The van der Waals surface area contributed by atoms with Gasteiger partial charge in [-0.05, 0) is 83.8 Å². The van der Waals surface area contributed by atoms with Crippen molar-refractivity contribution < 1.29 is 47.6 Å². The molecular formula is C42H36N6O11. The van der Waals surface area contributed by atoms with Gasteiger partial charge < -0.3 is 24.5 Å². The number of imide groups is 2. The summed E-state index contributed by atoms with van der Waals surface area (Å²) in [7, 11) is 0. The van der Waals surface area contributed by atoms with E-state index in [0.717, 1.165) is 16.0 Å². The van der Waals surface area contributed by atoms with Crippen molar-refractivity contribution in [3.63, 3.8) is 0 Å². The van der Waals surface area contributed by atoms with Crippen molar-refractivity contribution >= 4 is 41.1 Å². The maximum Gasteiger partial charge on any atom is 0.269 e. The number of hydrogen-bond donors (Lipinski definition) is 3. The molecule has 0 bridgehead atoms. The standard InChI is InChI=1S/C42H36N6O11/c49-37-14-13-35(40(52)46-37)47-41(53)31-12-3-25(20-32(31)42(47)54)23-44-38(50)24-58-19-18-57-17-15-43-39(51)28-6-4-26(5-7-28)29-21-33(27-8-10-30(11-9-27)48(55)56)45-34(22-29)36-2-1-16-59-36/h1-12,16,20-22,35H,13-15,17-19,23-24H2,(H,43,51)(H,44,50)(H,46,49,52). The fraction of sp³-hybridized carbons (Fsp3) is 0.214. The Bertz CT molecular complexity index is 2430. The van der Waals surface area contributed by atoms with Gasteiger partial charge in [0, 0.05) is 42.8 Å². The summed E-state index contributed by atoms with van der Waals surface area (Å²) in [5, 5.41) is 18.8. The number of nitro benzene ring substituents is 1. The maximum absolute atomic E-state index is 13.0. The number of carbonyl (C=O) groups excluding carboxylic acids is 6. The fourth-order valence-electron chi connectivity index (χ4n) is 6.57. The molecule has 1 saturated heterocycles. The third-order valence-corrected chi connectivity index (χ3v) is 9.58. The van der Waals surface area contributed by atoms with Gasteiger partial charge in [0.15, 0.2) is 5.76 Å². The Morgan fingerprint density at radius 2 is 1.56 bits per heavy atom. The highest BCUT2D eigenvalue weighted by Crippen LogP contribution is 2.32. The average molecular weight is 801 g/mol. The molecule has 1 atom stereocenters. The Labute approximate surface area is 335 Å². The number of nitrogens with one attached hydrogen (secondary N) is 3. The van der Waals surface area contributed by atoms with Gasteiger partial charge in [0.1, 0.15) is 18.3 Å². The number of piperidine rings is 1. The van der Waals surface area contributed by atoms with Crippen LogP contribution in [0.25, 0.3) is 33.8 Å². The summed E-state index contributed by atoms with van der Waals surface area (Å²) < 4.78 is 16.5. The molecule has 0 radical (unpaired) electrons. The van der Waals surface area contributed by atoms with Crippen LogP contribution in [0.2, 0.25) is 0 Å². The van der Waals surface area contributed by atoms with Gasteiger partial charge >= 0.3 is 0 Å². The molecule has 3 aromatic carbocycles. The maximum atomic E-state index is 13.0. The lowest BCUT2D eigenvalue weighted by Crippen LogP contribution is -2.54. The van der Waals surface area contributed by atoms with Crippen LogP contribution in [0.1, 0.15) is 49.5 Å². The first kappa shape index (κ1) is 39.8. The zero-order chi connectivity index (χ0) is 41.5. The molecule has 0 saturated carbocycles. The number of pyridine rings is 1. The normalized spacial score (nSPS) is 14.8. The number of non-ortho nitro benzene ring substituents is 1. The number of rotatable bonds is 16. The Morgan fingerprint density at radius 3 is 2.29 bits per heavy atom. The van der Waals surface area contributed by atoms with Crippen molar-refractivity contribution in [1.82, 2.24) is 25.8 Å². The number of nitro groups is 1. The first-order chi connectivity index (χ1) is 28.5. The largest absolute Gasteiger partial charge is 0.463 e. The van der Waals surface area contributed by atoms with Gasteiger partial charge in [0.05, 0.1) is 47.8 Å². The van der Waals surface area contributed by atoms with Crippen LogP contribution in [-0.2, 0) is 30.4 Å². The zero-order valence-corrected chi connectivity index (χ0v) is 31.3. The summed E-state index contributed by atoms with van der Waals surface area (Å²) in [6.45, 7) is 0.557. The molecule has 1 fully saturated rings. The lowest BCUT2D eigenvalue weighted by atomic mass is 10.00. The smallest absolute Gasteiger partial charge is 0.269 e. The van der Waals surface area contributed by atoms with Crippen molar-refractivity contribution in [3.05, 3.63) is 130 Å². The van der Waals surface area contributed by atoms with Crippen molar-refractivity contribution in [2.75, 3.05) is 33.0 Å². The highest BCUT2D eigenvalue weighted by molar-refractivity contribution is 6.23. The minimum atomic E-state index is -1.06. The minimum absolute atomic E-state index is 0.0228. The molecule has 17 heteroatoms. The topological polar surface area (TPSA) is 229 Å². The summed E-state index contributed by atoms with van der Waals surface area (Å²) >= 11 is 0. The zero-order valence-electron chi connectivity index (χ0n) is 31.3. The first-order valence-electron chi connectivity index (χ1n) is 18.5. The number of fused-ring (bicyclic) bond motifs is 1. The lowest BCUT2D eigenvalue weighted by molar-refractivity contribution is -0.384. The molecule has 17 nitrogen and oxygen atoms in total.